The Hall–Kier alpha value is -2.98. The number of halogens is 1. The number of nitrogens with one attached hydrogen (secondary N) is 3. The minimum absolute atomic E-state index is 0.0146. The van der Waals surface area contributed by atoms with Gasteiger partial charge in [-0.05, 0) is 62.4 Å². The van der Waals surface area contributed by atoms with Gasteiger partial charge in [0.1, 0.15) is 5.82 Å². The maximum absolute atomic E-state index is 13.1. The Morgan fingerprint density at radius 1 is 1.12 bits per heavy atom. The third-order valence-corrected chi connectivity index (χ3v) is 7.37. The van der Waals surface area contributed by atoms with Crippen molar-refractivity contribution in [3.8, 4) is 0 Å². The zero-order chi connectivity index (χ0) is 22.9. The Bertz CT molecular complexity index is 1270. The lowest BCUT2D eigenvalue weighted by Gasteiger charge is -2.29. The normalized spacial score (nSPS) is 20.2. The van der Waals surface area contributed by atoms with Gasteiger partial charge in [-0.15, -0.1) is 0 Å². The summed E-state index contributed by atoms with van der Waals surface area (Å²) in [5.74, 6) is -1.27. The Morgan fingerprint density at radius 3 is 2.50 bits per heavy atom. The molecule has 1 aromatic heterocycles. The summed E-state index contributed by atoms with van der Waals surface area (Å²) >= 11 is 0. The predicted octanol–water partition coefficient (Wildman–Crippen LogP) is 2.97. The Balaban J connectivity index is 1.33. The van der Waals surface area contributed by atoms with Gasteiger partial charge in [-0.1, -0.05) is 12.1 Å². The summed E-state index contributed by atoms with van der Waals surface area (Å²) in [6, 6.07) is 9.67. The number of aromatic amines is 1. The van der Waals surface area contributed by atoms with Crippen LogP contribution < -0.4 is 15.8 Å². The number of hydrogen-bond acceptors (Lipinski definition) is 5. The fraction of sp³-hybridized carbons (Fsp3) is 0.364. The van der Waals surface area contributed by atoms with Gasteiger partial charge in [-0.2, -0.15) is 0 Å². The first-order valence-corrected chi connectivity index (χ1v) is 11.9. The lowest BCUT2D eigenvalue weighted by molar-refractivity contribution is -0.126. The largest absolute Gasteiger partial charge is 0.417 e. The summed E-state index contributed by atoms with van der Waals surface area (Å²) < 4.78 is 46.2. The van der Waals surface area contributed by atoms with Gasteiger partial charge in [0.05, 0.1) is 16.5 Å². The molecule has 3 N–H and O–H groups in total. The van der Waals surface area contributed by atoms with Crippen LogP contribution in [0.5, 0.6) is 0 Å². The van der Waals surface area contributed by atoms with Crippen LogP contribution >= 0.6 is 0 Å². The van der Waals surface area contributed by atoms with Gasteiger partial charge in [-0.3, -0.25) is 9.78 Å². The Morgan fingerprint density at radius 2 is 1.81 bits per heavy atom. The molecule has 3 aromatic rings. The van der Waals surface area contributed by atoms with Crippen LogP contribution in [0, 0.1) is 11.7 Å². The van der Waals surface area contributed by atoms with E-state index in [4.69, 9.17) is 4.42 Å². The summed E-state index contributed by atoms with van der Waals surface area (Å²) in [5.41, 5.74) is 1.42. The quantitative estimate of drug-likeness (QED) is 0.521. The summed E-state index contributed by atoms with van der Waals surface area (Å²) in [4.78, 5) is 26.4. The van der Waals surface area contributed by atoms with Gasteiger partial charge in [0, 0.05) is 18.0 Å². The number of carbonyl (C=O) groups is 1. The second-order valence-electron chi connectivity index (χ2n) is 8.12. The molecule has 1 amide bonds. The molecular formula is C22H24FN3O5S. The molecule has 4 rings (SSSR count). The summed E-state index contributed by atoms with van der Waals surface area (Å²) in [5, 5.41) is 2.95. The van der Waals surface area contributed by atoms with Crippen molar-refractivity contribution in [1.82, 2.24) is 15.0 Å². The van der Waals surface area contributed by atoms with Crippen molar-refractivity contribution in [3.05, 3.63) is 64.4 Å². The first-order chi connectivity index (χ1) is 15.2. The van der Waals surface area contributed by atoms with Crippen molar-refractivity contribution in [1.29, 1.82) is 0 Å². The second kappa shape index (κ2) is 8.87. The third kappa shape index (κ3) is 4.91. The monoisotopic (exact) mass is 461 g/mol. The van der Waals surface area contributed by atoms with E-state index in [1.807, 2.05) is 6.92 Å². The van der Waals surface area contributed by atoms with Gasteiger partial charge in [0.2, 0.25) is 15.9 Å². The molecule has 0 radical (unpaired) electrons. The molecule has 0 aliphatic heterocycles. The molecule has 1 aliphatic rings. The summed E-state index contributed by atoms with van der Waals surface area (Å²) in [7, 11) is -3.80. The van der Waals surface area contributed by atoms with E-state index in [2.05, 4.69) is 15.0 Å². The highest BCUT2D eigenvalue weighted by Crippen LogP contribution is 2.27. The molecule has 2 aromatic carbocycles. The zero-order valence-electron chi connectivity index (χ0n) is 17.4. The van der Waals surface area contributed by atoms with Gasteiger partial charge < -0.3 is 9.73 Å². The van der Waals surface area contributed by atoms with Crippen LogP contribution in [0.4, 0.5) is 4.39 Å². The van der Waals surface area contributed by atoms with Crippen LogP contribution in [0.25, 0.3) is 11.1 Å². The van der Waals surface area contributed by atoms with Gasteiger partial charge in [0.25, 0.3) is 0 Å². The molecule has 10 heteroatoms. The highest BCUT2D eigenvalue weighted by molar-refractivity contribution is 7.89. The number of carbonyl (C=O) groups excluding carboxylic acids is 1. The molecule has 0 bridgehead atoms. The van der Waals surface area contributed by atoms with E-state index in [-0.39, 0.29) is 40.2 Å². The third-order valence-electron chi connectivity index (χ3n) is 5.85. The van der Waals surface area contributed by atoms with Crippen molar-refractivity contribution >= 4 is 27.0 Å². The first kappa shape index (κ1) is 22.2. The van der Waals surface area contributed by atoms with E-state index in [1.54, 1.807) is 12.1 Å². The van der Waals surface area contributed by atoms with Crippen LogP contribution in [0.2, 0.25) is 0 Å². The van der Waals surface area contributed by atoms with E-state index in [9.17, 15) is 22.4 Å². The Labute approximate surface area is 184 Å². The highest BCUT2D eigenvalue weighted by atomic mass is 32.2. The first-order valence-electron chi connectivity index (χ1n) is 10.4. The fourth-order valence-electron chi connectivity index (χ4n) is 4.02. The average molecular weight is 462 g/mol. The van der Waals surface area contributed by atoms with E-state index in [0.717, 1.165) is 5.56 Å². The number of aromatic nitrogens is 1. The number of fused-ring (bicyclic) bond motifs is 1. The van der Waals surface area contributed by atoms with Crippen LogP contribution in [0.1, 0.15) is 44.2 Å². The summed E-state index contributed by atoms with van der Waals surface area (Å²) in [6.07, 6.45) is 2.18. The molecule has 8 nitrogen and oxygen atoms in total. The lowest BCUT2D eigenvalue weighted by atomic mass is 9.85. The van der Waals surface area contributed by atoms with Crippen molar-refractivity contribution in [3.63, 3.8) is 0 Å². The SMILES string of the molecule is C[C@@H](NC(=O)C1CCC(NS(=O)(=O)c2ccc3[nH]c(=O)oc3c2)CC1)c1ccc(F)cc1. The van der Waals surface area contributed by atoms with Crippen molar-refractivity contribution in [2.75, 3.05) is 0 Å². The van der Waals surface area contributed by atoms with Crippen molar-refractivity contribution in [2.45, 2.75) is 49.6 Å². The number of oxazole rings is 1. The van der Waals surface area contributed by atoms with E-state index in [1.165, 1.54) is 30.3 Å². The van der Waals surface area contributed by atoms with Gasteiger partial charge in [0.15, 0.2) is 5.58 Å². The van der Waals surface area contributed by atoms with Crippen LogP contribution in [-0.4, -0.2) is 25.4 Å². The minimum atomic E-state index is -3.80. The van der Waals surface area contributed by atoms with Crippen LogP contribution in [0.15, 0.2) is 56.6 Å². The van der Waals surface area contributed by atoms with Crippen LogP contribution in [-0.2, 0) is 14.8 Å². The number of hydrogen-bond donors (Lipinski definition) is 3. The zero-order valence-corrected chi connectivity index (χ0v) is 18.2. The molecule has 0 spiro atoms. The van der Waals surface area contributed by atoms with Gasteiger partial charge >= 0.3 is 5.76 Å². The molecule has 1 heterocycles. The maximum atomic E-state index is 13.1. The fourth-order valence-corrected chi connectivity index (χ4v) is 5.34. The molecule has 0 unspecified atom stereocenters. The molecule has 32 heavy (non-hydrogen) atoms. The molecule has 1 atom stereocenters. The molecule has 1 saturated carbocycles. The lowest BCUT2D eigenvalue weighted by Crippen LogP contribution is -2.41. The van der Waals surface area contributed by atoms with E-state index < -0.39 is 15.8 Å². The average Bonchev–Trinajstić information content (AvgIpc) is 3.13. The maximum Gasteiger partial charge on any atom is 0.417 e. The molecule has 170 valence electrons. The molecule has 0 saturated heterocycles. The second-order valence-corrected chi connectivity index (χ2v) is 9.84. The highest BCUT2D eigenvalue weighted by Gasteiger charge is 2.30. The van der Waals surface area contributed by atoms with Crippen molar-refractivity contribution < 1.29 is 22.0 Å². The molecular weight excluding hydrogens is 437 g/mol. The number of amides is 1. The van der Waals surface area contributed by atoms with E-state index >= 15 is 0 Å². The number of H-pyrrole nitrogens is 1. The predicted molar refractivity (Wildman–Crippen MR) is 116 cm³/mol. The topological polar surface area (TPSA) is 121 Å². The minimum Gasteiger partial charge on any atom is -0.408 e. The Kier molecular flexibility index (Phi) is 6.16. The van der Waals surface area contributed by atoms with Crippen LogP contribution in [0.3, 0.4) is 0 Å². The number of benzene rings is 2. The van der Waals surface area contributed by atoms with E-state index in [0.29, 0.717) is 31.2 Å². The number of rotatable bonds is 6. The standard InChI is InChI=1S/C22H24FN3O5S/c1-13(14-2-6-16(23)7-3-14)24-21(27)15-4-8-17(9-5-15)26-32(29,30)18-10-11-19-20(12-18)31-22(28)25-19/h2-3,6-7,10-13,15,17,26H,4-5,8-9H2,1H3,(H,24,27)(H,25,28)/t13-,15?,17?/m1/s1. The molecule has 1 fully saturated rings. The molecule has 1 aliphatic carbocycles. The number of sulfonamides is 1. The summed E-state index contributed by atoms with van der Waals surface area (Å²) in [6.45, 7) is 1.84. The van der Waals surface area contributed by atoms with Crippen molar-refractivity contribution in [2.24, 2.45) is 5.92 Å². The smallest absolute Gasteiger partial charge is 0.408 e. The van der Waals surface area contributed by atoms with Gasteiger partial charge in [-0.25, -0.2) is 22.3 Å².